The number of ether oxygens (including phenoxy) is 1. The molecule has 8 rings (SSSR count). The summed E-state index contributed by atoms with van der Waals surface area (Å²) in [5.74, 6) is 3.73. The van der Waals surface area contributed by atoms with Gasteiger partial charge in [-0.05, 0) is 92.9 Å². The van der Waals surface area contributed by atoms with Crippen LogP contribution in [0.15, 0.2) is 12.1 Å². The number of nitrogens with zero attached hydrogens (tertiary/aromatic N) is 5. The maximum Gasteiger partial charge on any atom is 0.319 e. The minimum Gasteiger partial charge on any atom is -0.508 e. The average Bonchev–Trinajstić information content (AvgIpc) is 3.56. The molecule has 2 aliphatic carbocycles. The summed E-state index contributed by atoms with van der Waals surface area (Å²) < 4.78 is 37.6. The van der Waals surface area contributed by atoms with Gasteiger partial charge in [-0.15, -0.1) is 6.42 Å². The van der Waals surface area contributed by atoms with E-state index in [0.29, 0.717) is 46.6 Å². The molecule has 3 aromatic rings. The monoisotopic (exact) mass is 605 g/mol. The number of terminal acetylenes is 1. The standard InChI is InChI=1S/C33H34ClF2N5O2/c1-2-25-27-30(28(36)29(37-25)23-11-22(42)12-24(34)26(23)20-6-7-20)38-32(39-31(27)40-14-18-4-5-19(10-18)15-40)43-17-33-8-3-9-41(33)16-21(35)13-33/h1,11-12,18-21,42H,3-10,13-17H2/t18?,19?,21-,33+/m1/s1. The number of phenols is 1. The summed E-state index contributed by atoms with van der Waals surface area (Å²) in [4.78, 5) is 18.5. The van der Waals surface area contributed by atoms with Gasteiger partial charge in [-0.1, -0.05) is 11.6 Å². The molecule has 2 saturated carbocycles. The number of hydrogen-bond acceptors (Lipinski definition) is 7. The van der Waals surface area contributed by atoms with Crippen molar-refractivity contribution in [2.24, 2.45) is 11.8 Å². The van der Waals surface area contributed by atoms with Crippen LogP contribution in [0.5, 0.6) is 11.8 Å². The Labute approximate surface area is 254 Å². The second-order valence-electron chi connectivity index (χ2n) is 13.3. The summed E-state index contributed by atoms with van der Waals surface area (Å²) >= 11 is 6.57. The molecule has 3 aliphatic heterocycles. The van der Waals surface area contributed by atoms with Gasteiger partial charge in [-0.3, -0.25) is 4.90 Å². The van der Waals surface area contributed by atoms with Crippen molar-refractivity contribution in [2.75, 3.05) is 37.7 Å². The van der Waals surface area contributed by atoms with E-state index in [1.807, 2.05) is 0 Å². The maximum absolute atomic E-state index is 16.8. The summed E-state index contributed by atoms with van der Waals surface area (Å²) in [6.45, 7) is 3.08. The van der Waals surface area contributed by atoms with Crippen molar-refractivity contribution in [2.45, 2.75) is 69.0 Å². The highest BCUT2D eigenvalue weighted by atomic mass is 35.5. The number of alkyl halides is 1. The lowest BCUT2D eigenvalue weighted by Crippen LogP contribution is -2.43. The fourth-order valence-corrected chi connectivity index (χ4v) is 8.69. The number of piperidine rings is 1. The van der Waals surface area contributed by atoms with Gasteiger partial charge in [0.1, 0.15) is 41.3 Å². The minimum atomic E-state index is -0.889. The molecule has 5 aliphatic rings. The van der Waals surface area contributed by atoms with Crippen molar-refractivity contribution in [1.29, 1.82) is 0 Å². The summed E-state index contributed by atoms with van der Waals surface area (Å²) in [6.07, 6.45) is 12.8. The number of rotatable bonds is 6. The molecule has 2 aromatic heterocycles. The lowest BCUT2D eigenvalue weighted by Gasteiger charge is -2.34. The Kier molecular flexibility index (Phi) is 6.46. The van der Waals surface area contributed by atoms with E-state index < -0.39 is 17.5 Å². The van der Waals surface area contributed by atoms with Gasteiger partial charge in [0.2, 0.25) is 0 Å². The summed E-state index contributed by atoms with van der Waals surface area (Å²) in [5.41, 5.74) is 1.06. The van der Waals surface area contributed by atoms with E-state index in [4.69, 9.17) is 27.7 Å². The van der Waals surface area contributed by atoms with Gasteiger partial charge in [-0.25, -0.2) is 13.8 Å². The van der Waals surface area contributed by atoms with Crippen molar-refractivity contribution < 1.29 is 18.6 Å². The van der Waals surface area contributed by atoms with E-state index in [-0.39, 0.29) is 41.2 Å². The fraction of sp³-hybridized carbons (Fsp3) is 0.545. The Bertz CT molecular complexity index is 1660. The van der Waals surface area contributed by atoms with E-state index in [2.05, 4.69) is 25.7 Å². The minimum absolute atomic E-state index is 0.00564. The summed E-state index contributed by atoms with van der Waals surface area (Å²) in [7, 11) is 0. The quantitative estimate of drug-likeness (QED) is 0.333. The predicted molar refractivity (Wildman–Crippen MR) is 161 cm³/mol. The van der Waals surface area contributed by atoms with Crippen LogP contribution in [0.1, 0.15) is 68.5 Å². The molecule has 2 bridgehead atoms. The number of pyridine rings is 1. The molecule has 4 atom stereocenters. The largest absolute Gasteiger partial charge is 0.508 e. The molecule has 0 radical (unpaired) electrons. The van der Waals surface area contributed by atoms with Crippen LogP contribution in [-0.4, -0.2) is 69.5 Å². The van der Waals surface area contributed by atoms with Crippen LogP contribution in [-0.2, 0) is 0 Å². The van der Waals surface area contributed by atoms with E-state index in [1.165, 1.54) is 18.6 Å². The van der Waals surface area contributed by atoms with E-state index in [0.717, 1.165) is 63.7 Å². The average molecular weight is 606 g/mol. The molecule has 1 N–H and O–H groups in total. The highest BCUT2D eigenvalue weighted by Crippen LogP contribution is 2.50. The summed E-state index contributed by atoms with van der Waals surface area (Å²) in [6, 6.07) is 3.03. The van der Waals surface area contributed by atoms with Gasteiger partial charge in [0.25, 0.3) is 0 Å². The Morgan fingerprint density at radius 3 is 2.65 bits per heavy atom. The van der Waals surface area contributed by atoms with Crippen molar-refractivity contribution >= 4 is 28.3 Å². The first kappa shape index (κ1) is 27.3. The first-order valence-corrected chi connectivity index (χ1v) is 15.9. The zero-order valence-electron chi connectivity index (χ0n) is 24.0. The lowest BCUT2D eigenvalue weighted by molar-refractivity contribution is 0.107. The normalized spacial score (nSPS) is 28.4. The van der Waals surface area contributed by atoms with Crippen molar-refractivity contribution in [1.82, 2.24) is 19.9 Å². The second kappa shape index (κ2) is 10.2. The molecule has 0 amide bonds. The van der Waals surface area contributed by atoms with Crippen LogP contribution in [0.2, 0.25) is 5.02 Å². The number of phenolic OH excluding ortho intramolecular Hbond substituents is 1. The third-order valence-corrected chi connectivity index (χ3v) is 10.7. The summed E-state index contributed by atoms with van der Waals surface area (Å²) in [5, 5.41) is 11.2. The van der Waals surface area contributed by atoms with E-state index in [9.17, 15) is 9.50 Å². The Morgan fingerprint density at radius 1 is 1.12 bits per heavy atom. The van der Waals surface area contributed by atoms with Crippen molar-refractivity contribution in [3.63, 3.8) is 0 Å². The molecule has 3 saturated heterocycles. The molecule has 2 unspecified atom stereocenters. The highest BCUT2D eigenvalue weighted by molar-refractivity contribution is 6.32. The van der Waals surface area contributed by atoms with Crippen LogP contribution in [0.3, 0.4) is 0 Å². The Balaban J connectivity index is 1.29. The van der Waals surface area contributed by atoms with E-state index in [1.54, 1.807) is 0 Å². The van der Waals surface area contributed by atoms with Gasteiger partial charge < -0.3 is 14.7 Å². The third kappa shape index (κ3) is 4.60. The molecule has 5 heterocycles. The topological polar surface area (TPSA) is 74.6 Å². The van der Waals surface area contributed by atoms with Gasteiger partial charge in [-0.2, -0.15) is 9.97 Å². The number of benzene rings is 1. The Hall–Kier alpha value is -3.22. The number of hydrogen-bond donors (Lipinski definition) is 1. The lowest BCUT2D eigenvalue weighted by atomic mass is 9.95. The molecular weight excluding hydrogens is 572 g/mol. The zero-order valence-corrected chi connectivity index (χ0v) is 24.7. The van der Waals surface area contributed by atoms with Gasteiger partial charge in [0.05, 0.1) is 10.9 Å². The Morgan fingerprint density at radius 2 is 1.91 bits per heavy atom. The number of anilines is 1. The fourth-order valence-electron chi connectivity index (χ4n) is 8.33. The third-order valence-electron chi connectivity index (χ3n) is 10.4. The zero-order chi connectivity index (χ0) is 29.5. The number of halogens is 3. The maximum atomic E-state index is 16.8. The van der Waals surface area contributed by atoms with Gasteiger partial charge >= 0.3 is 6.01 Å². The number of fused-ring (bicyclic) bond motifs is 4. The molecule has 0 spiro atoms. The van der Waals surface area contributed by atoms with Gasteiger partial charge in [0, 0.05) is 36.6 Å². The van der Waals surface area contributed by atoms with E-state index >= 15 is 4.39 Å². The second-order valence-corrected chi connectivity index (χ2v) is 13.7. The van der Waals surface area contributed by atoms with Crippen molar-refractivity contribution in [3.8, 4) is 35.4 Å². The smallest absolute Gasteiger partial charge is 0.319 e. The number of aromatic nitrogens is 3. The molecule has 5 fully saturated rings. The first-order chi connectivity index (χ1) is 20.8. The molecular formula is C33H34ClF2N5O2. The molecule has 1 aromatic carbocycles. The van der Waals surface area contributed by atoms with Crippen LogP contribution in [0.25, 0.3) is 22.2 Å². The molecule has 7 nitrogen and oxygen atoms in total. The van der Waals surface area contributed by atoms with Crippen LogP contribution in [0, 0.1) is 30.0 Å². The van der Waals surface area contributed by atoms with Crippen molar-refractivity contribution in [3.05, 3.63) is 34.2 Å². The molecule has 43 heavy (non-hydrogen) atoms. The SMILES string of the molecule is C#Cc1nc(-c2cc(O)cc(Cl)c2C2CC2)c(F)c2nc(OC[C@@]34CCCN3C[C@H](F)C4)nc(N3CC4CCC(C4)C3)c12. The van der Waals surface area contributed by atoms with Gasteiger partial charge in [0.15, 0.2) is 5.82 Å². The van der Waals surface area contributed by atoms with Crippen LogP contribution in [0.4, 0.5) is 14.6 Å². The molecule has 10 heteroatoms. The number of aromatic hydroxyl groups is 1. The highest BCUT2D eigenvalue weighted by Gasteiger charge is 2.49. The first-order valence-electron chi connectivity index (χ1n) is 15.5. The predicted octanol–water partition coefficient (Wildman–Crippen LogP) is 6.24. The van der Waals surface area contributed by atoms with Crippen LogP contribution < -0.4 is 9.64 Å². The van der Waals surface area contributed by atoms with Crippen LogP contribution >= 0.6 is 11.6 Å². The molecule has 224 valence electrons.